The van der Waals surface area contributed by atoms with Crippen LogP contribution in [0.1, 0.15) is 58.3 Å². The zero-order chi connectivity index (χ0) is 9.80. The zero-order valence-corrected chi connectivity index (χ0v) is 9.39. The molecule has 0 aromatic heterocycles. The fraction of sp³-hybridized carbons (Fsp3) is 0.846. The fourth-order valence-electron chi connectivity index (χ4n) is 2.96. The van der Waals surface area contributed by atoms with Crippen molar-refractivity contribution in [1.29, 1.82) is 0 Å². The third-order valence-corrected chi connectivity index (χ3v) is 3.74. The molecule has 0 spiro atoms. The molecule has 1 aliphatic heterocycles. The molecule has 1 unspecified atom stereocenters. The van der Waals surface area contributed by atoms with Gasteiger partial charge in [-0.1, -0.05) is 38.2 Å². The van der Waals surface area contributed by atoms with Gasteiger partial charge in [0.15, 0.2) is 0 Å². The van der Waals surface area contributed by atoms with Gasteiger partial charge in [-0.25, -0.2) is 0 Å². The van der Waals surface area contributed by atoms with Crippen molar-refractivity contribution < 1.29 is 0 Å². The van der Waals surface area contributed by atoms with Gasteiger partial charge < -0.3 is 5.32 Å². The van der Waals surface area contributed by atoms with Crippen molar-refractivity contribution in [2.45, 2.75) is 64.3 Å². The van der Waals surface area contributed by atoms with Crippen LogP contribution >= 0.6 is 0 Å². The smallest absolute Gasteiger partial charge is 0.0263 e. The highest BCUT2D eigenvalue weighted by Gasteiger charge is 2.19. The van der Waals surface area contributed by atoms with Crippen molar-refractivity contribution in [3.8, 4) is 0 Å². The molecule has 80 valence electrons. The molecule has 1 atom stereocenters. The highest BCUT2D eigenvalue weighted by molar-refractivity contribution is 5.02. The summed E-state index contributed by atoms with van der Waals surface area (Å²) in [5.74, 6) is 1.02. The highest BCUT2D eigenvalue weighted by atomic mass is 14.9. The molecule has 0 radical (unpaired) electrons. The van der Waals surface area contributed by atoms with Gasteiger partial charge in [-0.05, 0) is 32.1 Å². The van der Waals surface area contributed by atoms with Crippen LogP contribution in [0.4, 0.5) is 0 Å². The van der Waals surface area contributed by atoms with Gasteiger partial charge in [0.05, 0.1) is 0 Å². The first kappa shape index (κ1) is 10.1. The average Bonchev–Trinajstić information content (AvgIpc) is 2.19. The molecule has 1 fully saturated rings. The van der Waals surface area contributed by atoms with E-state index >= 15 is 0 Å². The number of hydrogen-bond acceptors (Lipinski definition) is 1. The Bertz CT molecular complexity index is 201. The van der Waals surface area contributed by atoms with Crippen molar-refractivity contribution in [3.05, 3.63) is 11.8 Å². The predicted molar refractivity (Wildman–Crippen MR) is 61.1 cm³/mol. The van der Waals surface area contributed by atoms with Crippen LogP contribution in [0.5, 0.6) is 0 Å². The van der Waals surface area contributed by atoms with E-state index in [-0.39, 0.29) is 0 Å². The minimum absolute atomic E-state index is 0.781. The SMILES string of the molecule is CC1=CCCC(CC2CCCCC2)N1. The van der Waals surface area contributed by atoms with Crippen LogP contribution in [-0.2, 0) is 0 Å². The molecular formula is C13H23N. The van der Waals surface area contributed by atoms with Crippen LogP contribution in [0.2, 0.25) is 0 Å². The maximum absolute atomic E-state index is 3.62. The number of hydrogen-bond donors (Lipinski definition) is 1. The summed E-state index contributed by atoms with van der Waals surface area (Å²) in [4.78, 5) is 0. The molecule has 0 saturated heterocycles. The quantitative estimate of drug-likeness (QED) is 0.706. The summed E-state index contributed by atoms with van der Waals surface area (Å²) >= 11 is 0. The van der Waals surface area contributed by atoms with E-state index in [0.29, 0.717) is 0 Å². The third kappa shape index (κ3) is 2.76. The van der Waals surface area contributed by atoms with E-state index < -0.39 is 0 Å². The van der Waals surface area contributed by atoms with Crippen LogP contribution in [0, 0.1) is 5.92 Å². The van der Waals surface area contributed by atoms with Gasteiger partial charge in [-0.3, -0.25) is 0 Å². The van der Waals surface area contributed by atoms with Gasteiger partial charge in [0.1, 0.15) is 0 Å². The van der Waals surface area contributed by atoms with Crippen LogP contribution in [0.25, 0.3) is 0 Å². The molecule has 1 N–H and O–H groups in total. The van der Waals surface area contributed by atoms with Gasteiger partial charge in [0.25, 0.3) is 0 Å². The molecule has 1 heterocycles. The molecule has 1 aliphatic carbocycles. The van der Waals surface area contributed by atoms with E-state index in [1.165, 1.54) is 57.1 Å². The maximum atomic E-state index is 3.62. The molecule has 0 aromatic carbocycles. The molecule has 2 rings (SSSR count). The van der Waals surface area contributed by atoms with Crippen molar-refractivity contribution in [1.82, 2.24) is 5.32 Å². The molecular weight excluding hydrogens is 170 g/mol. The van der Waals surface area contributed by atoms with E-state index in [4.69, 9.17) is 0 Å². The predicted octanol–water partition coefficient (Wildman–Crippen LogP) is 3.61. The largest absolute Gasteiger partial charge is 0.386 e. The summed E-state index contributed by atoms with van der Waals surface area (Å²) in [6, 6.07) is 0.781. The Hall–Kier alpha value is -0.460. The standard InChI is InChI=1S/C13H23N/c1-11-6-5-9-13(14-11)10-12-7-3-2-4-8-12/h6,12-14H,2-5,7-10H2,1H3. The molecule has 0 bridgehead atoms. The van der Waals surface area contributed by atoms with Crippen LogP contribution in [0.15, 0.2) is 11.8 Å². The molecule has 1 nitrogen and oxygen atoms in total. The normalized spacial score (nSPS) is 29.5. The molecule has 0 amide bonds. The molecule has 1 saturated carbocycles. The number of allylic oxidation sites excluding steroid dienone is 2. The first-order valence-electron chi connectivity index (χ1n) is 6.28. The average molecular weight is 193 g/mol. The summed E-state index contributed by atoms with van der Waals surface area (Å²) in [6.07, 6.45) is 13.8. The van der Waals surface area contributed by atoms with Gasteiger partial charge in [-0.2, -0.15) is 0 Å². The van der Waals surface area contributed by atoms with Gasteiger partial charge in [0.2, 0.25) is 0 Å². The minimum Gasteiger partial charge on any atom is -0.386 e. The second kappa shape index (κ2) is 4.86. The van der Waals surface area contributed by atoms with E-state index in [1.807, 2.05) is 0 Å². The summed E-state index contributed by atoms with van der Waals surface area (Å²) in [6.45, 7) is 2.20. The first-order valence-corrected chi connectivity index (χ1v) is 6.28. The van der Waals surface area contributed by atoms with E-state index in [2.05, 4.69) is 18.3 Å². The Morgan fingerprint density at radius 3 is 2.71 bits per heavy atom. The Morgan fingerprint density at radius 2 is 2.00 bits per heavy atom. The van der Waals surface area contributed by atoms with E-state index in [0.717, 1.165) is 12.0 Å². The molecule has 1 heteroatoms. The number of nitrogens with one attached hydrogen (secondary N) is 1. The number of rotatable bonds is 2. The van der Waals surface area contributed by atoms with Crippen molar-refractivity contribution in [2.24, 2.45) is 5.92 Å². The lowest BCUT2D eigenvalue weighted by Crippen LogP contribution is -2.32. The van der Waals surface area contributed by atoms with Gasteiger partial charge in [0, 0.05) is 11.7 Å². The van der Waals surface area contributed by atoms with Crippen LogP contribution < -0.4 is 5.32 Å². The van der Waals surface area contributed by atoms with Gasteiger partial charge >= 0.3 is 0 Å². The van der Waals surface area contributed by atoms with Crippen molar-refractivity contribution in [3.63, 3.8) is 0 Å². The second-order valence-corrected chi connectivity index (χ2v) is 5.05. The molecule has 14 heavy (non-hydrogen) atoms. The monoisotopic (exact) mass is 193 g/mol. The van der Waals surface area contributed by atoms with Crippen LogP contribution in [-0.4, -0.2) is 6.04 Å². The minimum atomic E-state index is 0.781. The first-order chi connectivity index (χ1) is 6.84. The van der Waals surface area contributed by atoms with E-state index in [9.17, 15) is 0 Å². The fourth-order valence-corrected chi connectivity index (χ4v) is 2.96. The van der Waals surface area contributed by atoms with Gasteiger partial charge in [-0.15, -0.1) is 0 Å². The summed E-state index contributed by atoms with van der Waals surface area (Å²) < 4.78 is 0. The summed E-state index contributed by atoms with van der Waals surface area (Å²) in [7, 11) is 0. The Balaban J connectivity index is 1.76. The summed E-state index contributed by atoms with van der Waals surface area (Å²) in [5.41, 5.74) is 1.40. The second-order valence-electron chi connectivity index (χ2n) is 5.05. The Labute approximate surface area is 88.0 Å². The van der Waals surface area contributed by atoms with Crippen LogP contribution in [0.3, 0.4) is 0 Å². The lowest BCUT2D eigenvalue weighted by molar-refractivity contribution is 0.295. The van der Waals surface area contributed by atoms with Crippen molar-refractivity contribution in [2.75, 3.05) is 0 Å². The third-order valence-electron chi connectivity index (χ3n) is 3.74. The lowest BCUT2D eigenvalue weighted by atomic mass is 9.83. The lowest BCUT2D eigenvalue weighted by Gasteiger charge is -2.29. The Kier molecular flexibility index (Phi) is 3.49. The molecule has 2 aliphatic rings. The van der Waals surface area contributed by atoms with E-state index in [1.54, 1.807) is 0 Å². The molecule has 0 aromatic rings. The maximum Gasteiger partial charge on any atom is 0.0263 e. The Morgan fingerprint density at radius 1 is 1.21 bits per heavy atom. The highest BCUT2D eigenvalue weighted by Crippen LogP contribution is 2.29. The topological polar surface area (TPSA) is 12.0 Å². The summed E-state index contributed by atoms with van der Waals surface area (Å²) in [5, 5.41) is 3.62. The van der Waals surface area contributed by atoms with Crippen molar-refractivity contribution >= 4 is 0 Å². The zero-order valence-electron chi connectivity index (χ0n) is 9.39.